The third kappa shape index (κ3) is 3.40. The van der Waals surface area contributed by atoms with Crippen LogP contribution in [0.25, 0.3) is 16.6 Å². The fourth-order valence-corrected chi connectivity index (χ4v) is 3.55. The highest BCUT2D eigenvalue weighted by Gasteiger charge is 2.19. The van der Waals surface area contributed by atoms with Crippen molar-refractivity contribution < 1.29 is 5.11 Å². The summed E-state index contributed by atoms with van der Waals surface area (Å²) in [6.07, 6.45) is 0. The van der Waals surface area contributed by atoms with Crippen molar-refractivity contribution in [1.82, 2.24) is 9.97 Å². The lowest BCUT2D eigenvalue weighted by Crippen LogP contribution is -2.04. The molecule has 0 saturated heterocycles. The van der Waals surface area contributed by atoms with Gasteiger partial charge >= 0.3 is 0 Å². The predicted octanol–water partition coefficient (Wildman–Crippen LogP) is 5.19. The number of nitrogens with zero attached hydrogens (tertiary/aromatic N) is 2. The molecule has 120 valence electrons. The average Bonchev–Trinajstić information content (AvgIpc) is 2.99. The van der Waals surface area contributed by atoms with E-state index in [4.69, 9.17) is 11.6 Å². The summed E-state index contributed by atoms with van der Waals surface area (Å²) >= 11 is 7.41. The Morgan fingerprint density at radius 1 is 1.29 bits per heavy atom. The number of nitriles is 1. The van der Waals surface area contributed by atoms with E-state index in [9.17, 15) is 10.4 Å². The molecule has 0 aliphatic rings. The zero-order chi connectivity index (χ0) is 17.1. The molecule has 1 aromatic heterocycles. The molecule has 3 aromatic rings. The number of halogens is 1. The molecule has 3 rings (SSSR count). The molecule has 0 bridgehead atoms. The minimum atomic E-state index is -0.314. The van der Waals surface area contributed by atoms with Crippen LogP contribution in [0.5, 0.6) is 0 Å². The molecule has 0 aliphatic heterocycles. The van der Waals surface area contributed by atoms with E-state index in [2.05, 4.69) is 16.0 Å². The van der Waals surface area contributed by atoms with Gasteiger partial charge in [0.05, 0.1) is 16.3 Å². The summed E-state index contributed by atoms with van der Waals surface area (Å²) in [4.78, 5) is 8.38. The molecular weight excluding hydrogens is 342 g/mol. The standard InChI is InChI=1S/C18H14ClN3OS/c1-11(24-13-6-4-5-12(19)9-13)17(23)14(10-20)18-21-15-7-2-3-8-16(15)22-18/h2-9,11,23H,1H3,(H,21,22)/b17-14+. The smallest absolute Gasteiger partial charge is 0.152 e. The quantitative estimate of drug-likeness (QED) is 0.383. The third-order valence-corrected chi connectivity index (χ3v) is 4.83. The van der Waals surface area contributed by atoms with Crippen LogP contribution in [0.3, 0.4) is 0 Å². The topological polar surface area (TPSA) is 72.7 Å². The number of para-hydroxylation sites is 2. The van der Waals surface area contributed by atoms with Gasteiger partial charge in [0.2, 0.25) is 0 Å². The second-order valence-electron chi connectivity index (χ2n) is 5.19. The lowest BCUT2D eigenvalue weighted by molar-refractivity contribution is 0.402. The van der Waals surface area contributed by atoms with Crippen molar-refractivity contribution in [1.29, 1.82) is 5.26 Å². The first-order chi connectivity index (χ1) is 11.6. The molecule has 0 aliphatic carbocycles. The number of fused-ring (bicyclic) bond motifs is 1. The molecule has 2 N–H and O–H groups in total. The number of nitrogens with one attached hydrogen (secondary N) is 1. The van der Waals surface area contributed by atoms with Gasteiger partial charge in [-0.2, -0.15) is 5.26 Å². The van der Waals surface area contributed by atoms with Gasteiger partial charge in [-0.05, 0) is 37.3 Å². The second-order valence-corrected chi connectivity index (χ2v) is 7.04. The predicted molar refractivity (Wildman–Crippen MR) is 98.0 cm³/mol. The Morgan fingerprint density at radius 3 is 2.79 bits per heavy atom. The summed E-state index contributed by atoms with van der Waals surface area (Å²) in [6.45, 7) is 1.83. The highest BCUT2D eigenvalue weighted by molar-refractivity contribution is 8.00. The van der Waals surface area contributed by atoms with E-state index in [-0.39, 0.29) is 16.6 Å². The van der Waals surface area contributed by atoms with Crippen LogP contribution in [0.4, 0.5) is 0 Å². The minimum absolute atomic E-state index is 0.0125. The van der Waals surface area contributed by atoms with Crippen molar-refractivity contribution in [2.24, 2.45) is 0 Å². The number of aromatic amines is 1. The van der Waals surface area contributed by atoms with E-state index in [0.29, 0.717) is 10.8 Å². The van der Waals surface area contributed by atoms with Crippen LogP contribution in [0, 0.1) is 11.3 Å². The molecular formula is C18H14ClN3OS. The number of hydrogen-bond acceptors (Lipinski definition) is 4. The van der Waals surface area contributed by atoms with Crippen LogP contribution in [0.15, 0.2) is 59.2 Å². The van der Waals surface area contributed by atoms with Gasteiger partial charge in [0, 0.05) is 9.92 Å². The maximum absolute atomic E-state index is 10.5. The van der Waals surface area contributed by atoms with Crippen molar-refractivity contribution in [3.8, 4) is 6.07 Å². The Hall–Kier alpha value is -2.42. The molecule has 0 fully saturated rings. The number of benzene rings is 2. The highest BCUT2D eigenvalue weighted by atomic mass is 35.5. The van der Waals surface area contributed by atoms with Gasteiger partial charge in [0.25, 0.3) is 0 Å². The van der Waals surface area contributed by atoms with E-state index < -0.39 is 0 Å². The zero-order valence-corrected chi connectivity index (χ0v) is 14.4. The zero-order valence-electron chi connectivity index (χ0n) is 12.8. The van der Waals surface area contributed by atoms with E-state index in [1.165, 1.54) is 11.8 Å². The van der Waals surface area contributed by atoms with Crippen molar-refractivity contribution in [3.63, 3.8) is 0 Å². The minimum Gasteiger partial charge on any atom is -0.510 e. The third-order valence-electron chi connectivity index (χ3n) is 3.49. The molecule has 0 radical (unpaired) electrons. The number of H-pyrrole nitrogens is 1. The summed E-state index contributed by atoms with van der Waals surface area (Å²) in [6, 6.07) is 16.9. The largest absolute Gasteiger partial charge is 0.510 e. The molecule has 0 saturated carbocycles. The number of rotatable bonds is 4. The summed E-state index contributed by atoms with van der Waals surface area (Å²) < 4.78 is 0. The first-order valence-corrected chi connectivity index (χ1v) is 8.55. The lowest BCUT2D eigenvalue weighted by Gasteiger charge is -2.12. The van der Waals surface area contributed by atoms with Gasteiger partial charge in [-0.3, -0.25) is 0 Å². The molecule has 1 unspecified atom stereocenters. The van der Waals surface area contributed by atoms with Gasteiger partial charge < -0.3 is 10.1 Å². The summed E-state index contributed by atoms with van der Waals surface area (Å²) in [5.74, 6) is 0.358. The number of hydrogen-bond donors (Lipinski definition) is 2. The molecule has 6 heteroatoms. The monoisotopic (exact) mass is 355 g/mol. The number of aliphatic hydroxyl groups excluding tert-OH is 1. The van der Waals surface area contributed by atoms with Crippen molar-refractivity contribution >= 4 is 40.0 Å². The van der Waals surface area contributed by atoms with E-state index in [1.54, 1.807) is 6.07 Å². The molecule has 1 atom stereocenters. The van der Waals surface area contributed by atoms with Gasteiger partial charge in [-0.1, -0.05) is 29.8 Å². The molecule has 24 heavy (non-hydrogen) atoms. The second kappa shape index (κ2) is 7.00. The van der Waals surface area contributed by atoms with Gasteiger partial charge in [-0.15, -0.1) is 11.8 Å². The number of aromatic nitrogens is 2. The van der Waals surface area contributed by atoms with Crippen molar-refractivity contribution in [3.05, 3.63) is 65.1 Å². The summed E-state index contributed by atoms with van der Waals surface area (Å²) in [7, 11) is 0. The fraction of sp³-hybridized carbons (Fsp3) is 0.111. The number of imidazole rings is 1. The van der Waals surface area contributed by atoms with Crippen LogP contribution in [-0.4, -0.2) is 20.3 Å². The summed E-state index contributed by atoms with van der Waals surface area (Å²) in [5, 5.41) is 20.3. The first kappa shape index (κ1) is 16.4. The van der Waals surface area contributed by atoms with Crippen molar-refractivity contribution in [2.75, 3.05) is 0 Å². The Morgan fingerprint density at radius 2 is 2.08 bits per heavy atom. The van der Waals surface area contributed by atoms with Crippen LogP contribution in [-0.2, 0) is 0 Å². The molecule has 4 nitrogen and oxygen atoms in total. The molecule has 0 spiro atoms. The van der Waals surface area contributed by atoms with Crippen LogP contribution in [0.1, 0.15) is 12.7 Å². The fourth-order valence-electron chi connectivity index (χ4n) is 2.31. The number of thioether (sulfide) groups is 1. The van der Waals surface area contributed by atoms with E-state index in [0.717, 1.165) is 15.9 Å². The first-order valence-electron chi connectivity index (χ1n) is 7.29. The summed E-state index contributed by atoms with van der Waals surface area (Å²) in [5.41, 5.74) is 1.72. The van der Waals surface area contributed by atoms with Gasteiger partial charge in [-0.25, -0.2) is 4.98 Å². The number of allylic oxidation sites excluding steroid dienone is 1. The van der Waals surface area contributed by atoms with Gasteiger partial charge in [0.1, 0.15) is 17.4 Å². The molecule has 2 aromatic carbocycles. The van der Waals surface area contributed by atoms with Crippen LogP contribution >= 0.6 is 23.4 Å². The Balaban J connectivity index is 1.93. The molecule has 0 amide bonds. The maximum atomic E-state index is 10.5. The van der Waals surface area contributed by atoms with Crippen LogP contribution in [0.2, 0.25) is 5.02 Å². The van der Waals surface area contributed by atoms with E-state index in [1.807, 2.05) is 49.4 Å². The van der Waals surface area contributed by atoms with Gasteiger partial charge in [0.15, 0.2) is 5.82 Å². The number of aliphatic hydroxyl groups is 1. The Labute approximate surface area is 148 Å². The van der Waals surface area contributed by atoms with Crippen LogP contribution < -0.4 is 0 Å². The Kier molecular flexibility index (Phi) is 4.79. The lowest BCUT2D eigenvalue weighted by atomic mass is 10.2. The molecule has 1 heterocycles. The van der Waals surface area contributed by atoms with E-state index >= 15 is 0 Å². The maximum Gasteiger partial charge on any atom is 0.152 e. The Bertz CT molecular complexity index is 925. The SMILES string of the molecule is CC(Sc1cccc(Cl)c1)/C(O)=C(/C#N)c1nc2ccccc2[nH]1. The normalized spacial score (nSPS) is 13.4. The van der Waals surface area contributed by atoms with Crippen molar-refractivity contribution in [2.45, 2.75) is 17.1 Å². The average molecular weight is 356 g/mol. The highest BCUT2D eigenvalue weighted by Crippen LogP contribution is 2.31.